The minimum Gasteiger partial charge on any atom is -0.352 e. The number of carbonyl (C=O) groups is 2. The van der Waals surface area contributed by atoms with E-state index < -0.39 is 6.37 Å². The highest BCUT2D eigenvalue weighted by molar-refractivity contribution is 8.58. The van der Waals surface area contributed by atoms with Gasteiger partial charge in [-0.2, -0.15) is 22.4 Å². The lowest BCUT2D eigenvalue weighted by Gasteiger charge is -2.21. The van der Waals surface area contributed by atoms with Gasteiger partial charge in [0.05, 0.1) is 0 Å². The van der Waals surface area contributed by atoms with Crippen LogP contribution in [0.4, 0.5) is 0 Å². The molecule has 0 aromatic heterocycles. The number of hydrogen-bond donors (Lipinski definition) is 2. The highest BCUT2D eigenvalue weighted by Crippen LogP contribution is 2.31. The van der Waals surface area contributed by atoms with Crippen molar-refractivity contribution in [3.8, 4) is 0 Å². The summed E-state index contributed by atoms with van der Waals surface area (Å²) in [6.07, 6.45) is -1.42. The number of amides is 2. The predicted molar refractivity (Wildman–Crippen MR) is 98.0 cm³/mol. The predicted octanol–water partition coefficient (Wildman–Crippen LogP) is 2.54. The quantitative estimate of drug-likeness (QED) is 0.363. The molecule has 2 N–H and O–H groups in total. The van der Waals surface area contributed by atoms with E-state index in [4.69, 9.17) is 0 Å². The largest absolute Gasteiger partial charge is 0.352 e. The summed E-state index contributed by atoms with van der Waals surface area (Å²) < 4.78 is 0. The van der Waals surface area contributed by atoms with E-state index in [1.807, 2.05) is 22.4 Å². The summed E-state index contributed by atoms with van der Waals surface area (Å²) in [7, 11) is 0. The van der Waals surface area contributed by atoms with Crippen molar-refractivity contribution in [2.45, 2.75) is 26.9 Å². The molecule has 0 saturated heterocycles. The van der Waals surface area contributed by atoms with E-state index in [0.29, 0.717) is 24.2 Å². The topological polar surface area (TPSA) is 58.2 Å². The van der Waals surface area contributed by atoms with Crippen LogP contribution >= 0.6 is 22.4 Å². The van der Waals surface area contributed by atoms with E-state index in [-0.39, 0.29) is 11.8 Å². The van der Waals surface area contributed by atoms with Crippen LogP contribution in [0.3, 0.4) is 0 Å². The van der Waals surface area contributed by atoms with Crippen molar-refractivity contribution >= 4 is 40.6 Å². The normalized spacial score (nSPS) is 10.9. The average Bonchev–Trinajstić information content (AvgIpc) is 2.38. The van der Waals surface area contributed by atoms with Gasteiger partial charge < -0.3 is 10.6 Å². The molecule has 0 radical (unpaired) electrons. The Hall–Kier alpha value is -0.663. The van der Waals surface area contributed by atoms with Crippen molar-refractivity contribution < 1.29 is 9.59 Å². The van der Waals surface area contributed by atoms with Gasteiger partial charge in [0.1, 0.15) is 0 Å². The fourth-order valence-electron chi connectivity index (χ4n) is 1.27. The van der Waals surface area contributed by atoms with E-state index in [1.54, 1.807) is 13.8 Å². The maximum absolute atomic E-state index is 11.3. The minimum atomic E-state index is -1.42. The number of hydrogen-bond acceptors (Lipinski definition) is 4. The molecule has 0 aliphatic carbocycles. The summed E-state index contributed by atoms with van der Waals surface area (Å²) in [5.74, 6) is 1.66. The third-order valence-corrected chi connectivity index (χ3v) is 12.2. The van der Waals surface area contributed by atoms with Crippen molar-refractivity contribution in [3.63, 3.8) is 0 Å². The molecular formula is C14H26N2O2S2Si. The molecule has 0 rings (SSSR count). The van der Waals surface area contributed by atoms with Crippen molar-refractivity contribution in [3.05, 3.63) is 24.3 Å². The van der Waals surface area contributed by atoms with Crippen LogP contribution in [0.25, 0.3) is 0 Å². The first-order valence-electron chi connectivity index (χ1n) is 6.81. The molecule has 0 aliphatic heterocycles. The summed E-state index contributed by atoms with van der Waals surface area (Å²) in [6.45, 7) is 16.5. The summed E-state index contributed by atoms with van der Waals surface area (Å²) in [5, 5.41) is 5.67. The van der Waals surface area contributed by atoms with Gasteiger partial charge in [0.25, 0.3) is 0 Å². The first kappa shape index (κ1) is 20.3. The maximum atomic E-state index is 11.3. The fourth-order valence-corrected chi connectivity index (χ4v) is 8.80. The molecule has 0 aromatic rings. The summed E-state index contributed by atoms with van der Waals surface area (Å²) in [5.41, 5.74) is 1.08. The SMILES string of the molecule is C=C(C)C(=O)NCCS[Si](C)(C)SCCNC(=O)C(=C)C. The molecular weight excluding hydrogens is 320 g/mol. The Kier molecular flexibility index (Phi) is 9.81. The molecule has 0 atom stereocenters. The zero-order chi connectivity index (χ0) is 16.5. The van der Waals surface area contributed by atoms with Gasteiger partial charge >= 0.3 is 0 Å². The van der Waals surface area contributed by atoms with Crippen LogP contribution in [0.2, 0.25) is 13.1 Å². The Morgan fingerprint density at radius 1 is 0.905 bits per heavy atom. The van der Waals surface area contributed by atoms with Gasteiger partial charge in [-0.1, -0.05) is 26.3 Å². The van der Waals surface area contributed by atoms with Crippen molar-refractivity contribution in [2.24, 2.45) is 0 Å². The van der Waals surface area contributed by atoms with Crippen LogP contribution in [0.15, 0.2) is 24.3 Å². The van der Waals surface area contributed by atoms with Crippen LogP contribution in [0.5, 0.6) is 0 Å². The molecule has 7 heteroatoms. The van der Waals surface area contributed by atoms with Gasteiger partial charge in [0, 0.05) is 35.7 Å². The van der Waals surface area contributed by atoms with Crippen LogP contribution < -0.4 is 10.6 Å². The summed E-state index contributed by atoms with van der Waals surface area (Å²) >= 11 is 3.85. The van der Waals surface area contributed by atoms with Crippen molar-refractivity contribution in [2.75, 3.05) is 24.6 Å². The molecule has 4 nitrogen and oxygen atoms in total. The van der Waals surface area contributed by atoms with Crippen molar-refractivity contribution in [1.29, 1.82) is 0 Å². The second-order valence-electron chi connectivity index (χ2n) is 5.17. The Morgan fingerprint density at radius 3 is 1.52 bits per heavy atom. The molecule has 2 amide bonds. The first-order chi connectivity index (χ1) is 9.65. The lowest BCUT2D eigenvalue weighted by atomic mass is 10.3. The van der Waals surface area contributed by atoms with Crippen LogP contribution in [0, 0.1) is 0 Å². The van der Waals surface area contributed by atoms with Crippen LogP contribution in [0.1, 0.15) is 13.8 Å². The van der Waals surface area contributed by atoms with Gasteiger partial charge in [-0.25, -0.2) is 0 Å². The zero-order valence-electron chi connectivity index (χ0n) is 13.4. The molecule has 0 spiro atoms. The number of rotatable bonds is 10. The van der Waals surface area contributed by atoms with E-state index in [1.165, 1.54) is 0 Å². The highest BCUT2D eigenvalue weighted by atomic mass is 32.6. The highest BCUT2D eigenvalue weighted by Gasteiger charge is 2.21. The van der Waals surface area contributed by atoms with E-state index in [9.17, 15) is 9.59 Å². The first-order valence-corrected chi connectivity index (χ1v) is 13.2. The third-order valence-electron chi connectivity index (χ3n) is 2.45. The van der Waals surface area contributed by atoms with Crippen LogP contribution in [-0.2, 0) is 9.59 Å². The maximum Gasteiger partial charge on any atom is 0.246 e. The third kappa shape index (κ3) is 10.7. The lowest BCUT2D eigenvalue weighted by molar-refractivity contribution is -0.118. The number of nitrogens with one attached hydrogen (secondary N) is 2. The minimum absolute atomic E-state index is 0.0785. The van der Waals surface area contributed by atoms with Gasteiger partial charge in [-0.15, -0.1) is 0 Å². The molecule has 0 bridgehead atoms. The number of carbonyl (C=O) groups excluding carboxylic acids is 2. The van der Waals surface area contributed by atoms with Gasteiger partial charge in [0.2, 0.25) is 11.8 Å². The Bertz CT molecular complexity index is 376. The van der Waals surface area contributed by atoms with E-state index >= 15 is 0 Å². The molecule has 120 valence electrons. The Morgan fingerprint density at radius 2 is 1.24 bits per heavy atom. The summed E-state index contributed by atoms with van der Waals surface area (Å²) in [6, 6.07) is 0. The molecule has 0 fully saturated rings. The van der Waals surface area contributed by atoms with Crippen molar-refractivity contribution in [1.82, 2.24) is 10.6 Å². The summed E-state index contributed by atoms with van der Waals surface area (Å²) in [4.78, 5) is 22.7. The Labute approximate surface area is 136 Å². The van der Waals surface area contributed by atoms with Gasteiger partial charge in [-0.3, -0.25) is 9.59 Å². The molecule has 0 saturated carbocycles. The molecule has 0 aromatic carbocycles. The van der Waals surface area contributed by atoms with E-state index in [0.717, 1.165) is 11.5 Å². The van der Waals surface area contributed by atoms with Gasteiger partial charge in [-0.05, 0) is 13.8 Å². The molecule has 21 heavy (non-hydrogen) atoms. The zero-order valence-corrected chi connectivity index (χ0v) is 16.0. The second-order valence-corrected chi connectivity index (χ2v) is 18.0. The smallest absolute Gasteiger partial charge is 0.246 e. The molecule has 0 heterocycles. The standard InChI is InChI=1S/C14H26N2O2S2Si/c1-11(2)13(17)15-7-9-19-21(5,6)20-10-8-16-14(18)12(3)4/h1,3,7-10H2,2,4-6H3,(H,15,17)(H,16,18). The lowest BCUT2D eigenvalue weighted by Crippen LogP contribution is -2.30. The second kappa shape index (κ2) is 10.1. The Balaban J connectivity index is 3.78. The van der Waals surface area contributed by atoms with Gasteiger partial charge in [0.15, 0.2) is 6.37 Å². The van der Waals surface area contributed by atoms with E-state index in [2.05, 4.69) is 36.9 Å². The molecule has 0 unspecified atom stereocenters. The monoisotopic (exact) mass is 346 g/mol. The average molecular weight is 347 g/mol. The fraction of sp³-hybridized carbons (Fsp3) is 0.571. The van der Waals surface area contributed by atoms with Crippen LogP contribution in [-0.4, -0.2) is 42.8 Å². The molecule has 0 aliphatic rings.